The number of amides is 2. The SMILES string of the molecule is CC(C)(C)C(=O)NC(=S)N(C(=S)NC(=O)C(C)(C)C)c1ccc(Cl)c(Cl)c1. The number of benzene rings is 1. The van der Waals surface area contributed by atoms with Gasteiger partial charge in [0.25, 0.3) is 0 Å². The third-order valence-electron chi connectivity index (χ3n) is 3.37. The molecule has 2 amide bonds. The number of carbonyl (C=O) groups is 2. The van der Waals surface area contributed by atoms with Gasteiger partial charge in [0.1, 0.15) is 0 Å². The van der Waals surface area contributed by atoms with E-state index < -0.39 is 10.8 Å². The molecule has 9 heteroatoms. The Balaban J connectivity index is 3.25. The minimum absolute atomic E-state index is 0.0209. The molecule has 0 aliphatic rings. The fourth-order valence-corrected chi connectivity index (χ4v) is 2.56. The van der Waals surface area contributed by atoms with Gasteiger partial charge in [-0.05, 0) is 42.6 Å². The van der Waals surface area contributed by atoms with Crippen molar-refractivity contribution in [2.75, 3.05) is 4.90 Å². The van der Waals surface area contributed by atoms with Crippen molar-refractivity contribution in [3.8, 4) is 0 Å². The van der Waals surface area contributed by atoms with E-state index in [1.807, 2.05) is 0 Å². The zero-order valence-electron chi connectivity index (χ0n) is 16.1. The Morgan fingerprint density at radius 1 is 0.852 bits per heavy atom. The van der Waals surface area contributed by atoms with E-state index in [0.29, 0.717) is 10.7 Å². The lowest BCUT2D eigenvalue weighted by Gasteiger charge is -2.29. The third kappa shape index (κ3) is 6.68. The summed E-state index contributed by atoms with van der Waals surface area (Å²) in [5, 5.41) is 5.98. The summed E-state index contributed by atoms with van der Waals surface area (Å²) in [6.07, 6.45) is 0. The van der Waals surface area contributed by atoms with Crippen molar-refractivity contribution >= 4 is 75.4 Å². The quantitative estimate of drug-likeness (QED) is 0.611. The Kier molecular flexibility index (Phi) is 7.76. The van der Waals surface area contributed by atoms with Crippen LogP contribution in [0.2, 0.25) is 10.0 Å². The van der Waals surface area contributed by atoms with Crippen LogP contribution in [0, 0.1) is 10.8 Å². The molecule has 0 heterocycles. The van der Waals surface area contributed by atoms with E-state index in [2.05, 4.69) is 10.6 Å². The van der Waals surface area contributed by atoms with E-state index in [0.717, 1.165) is 0 Å². The van der Waals surface area contributed by atoms with Crippen LogP contribution in [0.4, 0.5) is 5.69 Å². The summed E-state index contributed by atoms with van der Waals surface area (Å²) in [5.41, 5.74) is -0.865. The van der Waals surface area contributed by atoms with Gasteiger partial charge in [0.15, 0.2) is 10.2 Å². The number of carbonyl (C=O) groups excluding carboxylic acids is 2. The van der Waals surface area contributed by atoms with Crippen molar-refractivity contribution in [3.05, 3.63) is 28.2 Å². The van der Waals surface area contributed by atoms with E-state index in [9.17, 15) is 9.59 Å². The summed E-state index contributed by atoms with van der Waals surface area (Å²) in [6, 6.07) is 4.77. The fraction of sp³-hybridized carbons (Fsp3) is 0.444. The molecule has 0 fully saturated rings. The van der Waals surface area contributed by atoms with Gasteiger partial charge in [-0.3, -0.25) is 14.5 Å². The van der Waals surface area contributed by atoms with Crippen molar-refractivity contribution in [1.82, 2.24) is 10.6 Å². The van der Waals surface area contributed by atoms with Crippen LogP contribution in [0.3, 0.4) is 0 Å². The molecule has 0 spiro atoms. The van der Waals surface area contributed by atoms with Crippen LogP contribution >= 0.6 is 47.6 Å². The first kappa shape index (κ1) is 23.8. The first-order chi connectivity index (χ1) is 12.1. The highest BCUT2D eigenvalue weighted by Gasteiger charge is 2.29. The molecule has 0 aliphatic carbocycles. The highest BCUT2D eigenvalue weighted by molar-refractivity contribution is 7.82. The second-order valence-electron chi connectivity index (χ2n) is 7.95. The van der Waals surface area contributed by atoms with Crippen LogP contribution in [-0.4, -0.2) is 22.0 Å². The van der Waals surface area contributed by atoms with Crippen LogP contribution < -0.4 is 15.5 Å². The van der Waals surface area contributed by atoms with Crippen LogP contribution in [-0.2, 0) is 9.59 Å². The summed E-state index contributed by atoms with van der Waals surface area (Å²) < 4.78 is 0. The predicted molar refractivity (Wildman–Crippen MR) is 119 cm³/mol. The molecular formula is C18H23Cl2N3O2S2. The molecule has 0 unspecified atom stereocenters. The molecule has 0 bridgehead atoms. The summed E-state index contributed by atoms with van der Waals surface area (Å²) in [6.45, 7) is 10.5. The molecule has 27 heavy (non-hydrogen) atoms. The van der Waals surface area contributed by atoms with Gasteiger partial charge < -0.3 is 10.6 Å². The maximum absolute atomic E-state index is 12.3. The van der Waals surface area contributed by atoms with Gasteiger partial charge in [0, 0.05) is 10.8 Å². The molecule has 5 nitrogen and oxygen atoms in total. The molecule has 1 aromatic carbocycles. The van der Waals surface area contributed by atoms with Crippen LogP contribution in [0.15, 0.2) is 18.2 Å². The molecule has 1 aromatic rings. The van der Waals surface area contributed by atoms with Crippen molar-refractivity contribution < 1.29 is 9.59 Å². The van der Waals surface area contributed by atoms with Gasteiger partial charge in [0.05, 0.1) is 15.7 Å². The van der Waals surface area contributed by atoms with Crippen molar-refractivity contribution in [2.24, 2.45) is 10.8 Å². The monoisotopic (exact) mass is 447 g/mol. The number of hydrogen-bond donors (Lipinski definition) is 2. The Morgan fingerprint density at radius 3 is 1.59 bits per heavy atom. The first-order valence-electron chi connectivity index (χ1n) is 8.10. The van der Waals surface area contributed by atoms with Gasteiger partial charge >= 0.3 is 0 Å². The number of nitrogens with one attached hydrogen (secondary N) is 2. The molecule has 0 aliphatic heterocycles. The van der Waals surface area contributed by atoms with Gasteiger partial charge in [-0.1, -0.05) is 64.7 Å². The average molecular weight is 448 g/mol. The zero-order valence-corrected chi connectivity index (χ0v) is 19.2. The highest BCUT2D eigenvalue weighted by atomic mass is 35.5. The number of thiocarbonyl (C=S) groups is 2. The molecule has 0 aromatic heterocycles. The Morgan fingerprint density at radius 2 is 1.26 bits per heavy atom. The molecule has 0 radical (unpaired) electrons. The van der Waals surface area contributed by atoms with Crippen molar-refractivity contribution in [1.29, 1.82) is 0 Å². The lowest BCUT2D eigenvalue weighted by Crippen LogP contribution is -2.54. The van der Waals surface area contributed by atoms with E-state index in [-0.39, 0.29) is 27.1 Å². The molecule has 1 rings (SSSR count). The summed E-state index contributed by atoms with van der Waals surface area (Å²) in [7, 11) is 0. The lowest BCUT2D eigenvalue weighted by atomic mass is 9.96. The Bertz CT molecular complexity index is 744. The van der Waals surface area contributed by atoms with Gasteiger partial charge in [-0.2, -0.15) is 0 Å². The standard InChI is InChI=1S/C18H23Cl2N3O2S2/c1-17(2,3)13(24)21-15(26)23(10-7-8-11(19)12(20)9-10)16(27)22-14(25)18(4,5)6/h7-9H,1-6H3,(H,21,24,26)(H,22,25,27). The summed E-state index contributed by atoms with van der Waals surface area (Å²) in [5.74, 6) is -0.579. The van der Waals surface area contributed by atoms with E-state index in [1.165, 1.54) is 4.90 Å². The average Bonchev–Trinajstić information content (AvgIpc) is 2.49. The zero-order chi connectivity index (χ0) is 21.2. The van der Waals surface area contributed by atoms with Crippen LogP contribution in [0.1, 0.15) is 41.5 Å². The van der Waals surface area contributed by atoms with Gasteiger partial charge in [-0.15, -0.1) is 0 Å². The molecular weight excluding hydrogens is 425 g/mol. The van der Waals surface area contributed by atoms with Gasteiger partial charge in [-0.25, -0.2) is 0 Å². The van der Waals surface area contributed by atoms with Crippen LogP contribution in [0.5, 0.6) is 0 Å². The number of halogens is 2. The van der Waals surface area contributed by atoms with Gasteiger partial charge in [0.2, 0.25) is 11.8 Å². The molecule has 148 valence electrons. The minimum Gasteiger partial charge on any atom is -0.302 e. The van der Waals surface area contributed by atoms with E-state index in [1.54, 1.807) is 59.7 Å². The highest BCUT2D eigenvalue weighted by Crippen LogP contribution is 2.28. The normalized spacial score (nSPS) is 11.6. The smallest absolute Gasteiger partial charge is 0.231 e. The maximum Gasteiger partial charge on any atom is 0.231 e. The minimum atomic E-state index is -0.663. The second kappa shape index (κ2) is 8.82. The van der Waals surface area contributed by atoms with E-state index >= 15 is 0 Å². The van der Waals surface area contributed by atoms with Crippen molar-refractivity contribution in [2.45, 2.75) is 41.5 Å². The predicted octanol–water partition coefficient (Wildman–Crippen LogP) is 4.69. The molecule has 0 saturated carbocycles. The molecule has 0 atom stereocenters. The number of rotatable bonds is 1. The number of hydrogen-bond acceptors (Lipinski definition) is 4. The second-order valence-corrected chi connectivity index (χ2v) is 9.54. The molecule has 0 saturated heterocycles. The number of anilines is 1. The Labute approximate surface area is 180 Å². The summed E-state index contributed by atoms with van der Waals surface area (Å²) >= 11 is 22.8. The summed E-state index contributed by atoms with van der Waals surface area (Å²) in [4.78, 5) is 26.0. The van der Waals surface area contributed by atoms with Crippen LogP contribution in [0.25, 0.3) is 0 Å². The number of nitrogens with zero attached hydrogens (tertiary/aromatic N) is 1. The Hall–Kier alpha value is -1.28. The van der Waals surface area contributed by atoms with Crippen molar-refractivity contribution in [3.63, 3.8) is 0 Å². The fourth-order valence-electron chi connectivity index (χ4n) is 1.63. The topological polar surface area (TPSA) is 61.4 Å². The van der Waals surface area contributed by atoms with E-state index in [4.69, 9.17) is 47.6 Å². The molecule has 2 N–H and O–H groups in total. The third-order valence-corrected chi connectivity index (χ3v) is 4.68. The maximum atomic E-state index is 12.3. The lowest BCUT2D eigenvalue weighted by molar-refractivity contribution is -0.127. The largest absolute Gasteiger partial charge is 0.302 e. The first-order valence-corrected chi connectivity index (χ1v) is 9.68.